The molecule has 1 unspecified atom stereocenters. The summed E-state index contributed by atoms with van der Waals surface area (Å²) in [7, 11) is 1.82. The van der Waals surface area contributed by atoms with E-state index < -0.39 is 0 Å². The van der Waals surface area contributed by atoms with E-state index in [1.807, 2.05) is 16.9 Å². The highest BCUT2D eigenvalue weighted by Crippen LogP contribution is 2.15. The molecular formula is C24H45N3O3. The Hall–Kier alpha value is -1.14. The molecule has 0 radical (unpaired) electrons. The summed E-state index contributed by atoms with van der Waals surface area (Å²) in [6, 6.07) is 0. The van der Waals surface area contributed by atoms with Crippen LogP contribution in [0.2, 0.25) is 0 Å². The van der Waals surface area contributed by atoms with Gasteiger partial charge in [-0.1, -0.05) is 46.0 Å². The molecule has 2 fully saturated rings. The van der Waals surface area contributed by atoms with E-state index in [1.54, 1.807) is 0 Å². The zero-order valence-corrected chi connectivity index (χ0v) is 19.7. The van der Waals surface area contributed by atoms with Gasteiger partial charge in [-0.05, 0) is 31.7 Å². The highest BCUT2D eigenvalue weighted by Gasteiger charge is 2.24. The van der Waals surface area contributed by atoms with Crippen molar-refractivity contribution in [1.29, 1.82) is 0 Å². The van der Waals surface area contributed by atoms with Crippen LogP contribution in [0, 0.1) is 5.92 Å². The summed E-state index contributed by atoms with van der Waals surface area (Å²) >= 11 is 0. The fraction of sp³-hybridized carbons (Fsp3) is 0.917. The smallest absolute Gasteiger partial charge is 0.222 e. The first kappa shape index (κ1) is 25.1. The number of likely N-dealkylation sites (tertiary alicyclic amines) is 1. The average Bonchev–Trinajstić information content (AvgIpc) is 3.20. The van der Waals surface area contributed by atoms with E-state index in [4.69, 9.17) is 4.74 Å². The minimum atomic E-state index is 0.233. The normalized spacial score (nSPS) is 20.3. The average molecular weight is 424 g/mol. The van der Waals surface area contributed by atoms with Gasteiger partial charge in [0.05, 0.1) is 6.10 Å². The van der Waals surface area contributed by atoms with Crippen LogP contribution in [0.5, 0.6) is 0 Å². The summed E-state index contributed by atoms with van der Waals surface area (Å²) in [6.45, 7) is 10.4. The molecule has 0 aromatic rings. The predicted molar refractivity (Wildman–Crippen MR) is 121 cm³/mol. The minimum absolute atomic E-state index is 0.233. The third-order valence-electron chi connectivity index (χ3n) is 6.50. The van der Waals surface area contributed by atoms with Gasteiger partial charge in [0.25, 0.3) is 0 Å². The molecule has 6 nitrogen and oxygen atoms in total. The van der Waals surface area contributed by atoms with Crippen LogP contribution in [-0.2, 0) is 14.3 Å². The molecule has 0 bridgehead atoms. The third-order valence-corrected chi connectivity index (χ3v) is 6.50. The Bertz CT molecular complexity index is 504. The molecular weight excluding hydrogens is 378 g/mol. The van der Waals surface area contributed by atoms with Crippen molar-refractivity contribution < 1.29 is 14.3 Å². The highest BCUT2D eigenvalue weighted by molar-refractivity contribution is 5.78. The predicted octanol–water partition coefficient (Wildman–Crippen LogP) is 3.54. The molecule has 0 N–H and O–H groups in total. The Morgan fingerprint density at radius 2 is 1.40 bits per heavy atom. The van der Waals surface area contributed by atoms with Crippen LogP contribution in [0.1, 0.15) is 78.1 Å². The van der Waals surface area contributed by atoms with Crippen LogP contribution in [0.25, 0.3) is 0 Å². The second kappa shape index (κ2) is 14.0. The van der Waals surface area contributed by atoms with Gasteiger partial charge in [-0.2, -0.15) is 0 Å². The molecule has 0 saturated carbocycles. The minimum Gasteiger partial charge on any atom is -0.380 e. The lowest BCUT2D eigenvalue weighted by atomic mass is 10.1. The lowest BCUT2D eigenvalue weighted by Gasteiger charge is -2.35. The van der Waals surface area contributed by atoms with E-state index in [2.05, 4.69) is 18.7 Å². The van der Waals surface area contributed by atoms with Crippen molar-refractivity contribution >= 4 is 11.8 Å². The molecule has 2 heterocycles. The summed E-state index contributed by atoms with van der Waals surface area (Å²) in [6.07, 6.45) is 11.5. The van der Waals surface area contributed by atoms with Crippen molar-refractivity contribution in [1.82, 2.24) is 14.7 Å². The van der Waals surface area contributed by atoms with Crippen molar-refractivity contribution in [2.24, 2.45) is 5.92 Å². The van der Waals surface area contributed by atoms with Crippen LogP contribution in [0.15, 0.2) is 0 Å². The van der Waals surface area contributed by atoms with E-state index in [0.29, 0.717) is 51.0 Å². The Morgan fingerprint density at radius 1 is 0.833 bits per heavy atom. The Morgan fingerprint density at radius 3 is 1.97 bits per heavy atom. The summed E-state index contributed by atoms with van der Waals surface area (Å²) in [5.41, 5.74) is 0. The van der Waals surface area contributed by atoms with Gasteiger partial charge < -0.3 is 19.4 Å². The number of rotatable bonds is 13. The maximum absolute atomic E-state index is 12.4. The molecule has 0 spiro atoms. The van der Waals surface area contributed by atoms with Gasteiger partial charge in [-0.15, -0.1) is 0 Å². The van der Waals surface area contributed by atoms with Crippen molar-refractivity contribution in [2.45, 2.75) is 84.2 Å². The number of ether oxygens (including phenoxy) is 1. The Balaban J connectivity index is 1.41. The highest BCUT2D eigenvalue weighted by atomic mass is 16.5. The lowest BCUT2D eigenvalue weighted by molar-refractivity contribution is -0.140. The van der Waals surface area contributed by atoms with E-state index >= 15 is 0 Å². The molecule has 0 aromatic heterocycles. The molecule has 6 heteroatoms. The second-order valence-corrected chi connectivity index (χ2v) is 9.53. The molecule has 1 atom stereocenters. The number of hydrogen-bond acceptors (Lipinski definition) is 4. The molecule has 2 aliphatic heterocycles. The molecule has 0 aliphatic carbocycles. The zero-order chi connectivity index (χ0) is 21.8. The monoisotopic (exact) mass is 423 g/mol. The summed E-state index contributed by atoms with van der Waals surface area (Å²) in [5, 5.41) is 0. The third kappa shape index (κ3) is 9.34. The molecule has 2 amide bonds. The number of hydrogen-bond donors (Lipinski definition) is 0. The molecule has 2 saturated heterocycles. The standard InChI is InChI=1S/C24H45N3O3/c1-21(2)19-24(29)27-17-15-26(16-18-27)23(28)11-9-7-5-4-6-8-10-13-25-14-12-22(20-25)30-3/h21-22H,4-20H2,1-3H3. The van der Waals surface area contributed by atoms with Gasteiger partial charge >= 0.3 is 0 Å². The first-order valence-corrected chi connectivity index (χ1v) is 12.3. The van der Waals surface area contributed by atoms with Crippen molar-refractivity contribution in [3.05, 3.63) is 0 Å². The van der Waals surface area contributed by atoms with Gasteiger partial charge in [-0.3, -0.25) is 9.59 Å². The first-order chi connectivity index (χ1) is 14.5. The summed E-state index contributed by atoms with van der Waals surface area (Å²) in [4.78, 5) is 30.9. The van der Waals surface area contributed by atoms with Gasteiger partial charge in [0.1, 0.15) is 0 Å². The number of carbonyl (C=O) groups is 2. The number of carbonyl (C=O) groups excluding carboxylic acids is 2. The zero-order valence-electron chi connectivity index (χ0n) is 19.7. The fourth-order valence-corrected chi connectivity index (χ4v) is 4.53. The quantitative estimate of drug-likeness (QED) is 0.425. The van der Waals surface area contributed by atoms with E-state index in [9.17, 15) is 9.59 Å². The molecule has 2 rings (SSSR count). The maximum atomic E-state index is 12.4. The Labute approximate surface area is 184 Å². The number of amides is 2. The van der Waals surface area contributed by atoms with Crippen LogP contribution in [-0.4, -0.2) is 85.5 Å². The molecule has 174 valence electrons. The maximum Gasteiger partial charge on any atom is 0.222 e. The van der Waals surface area contributed by atoms with Crippen molar-refractivity contribution in [2.75, 3.05) is 52.9 Å². The number of nitrogens with zero attached hydrogens (tertiary/aromatic N) is 3. The van der Waals surface area contributed by atoms with Gasteiger partial charge in [0.15, 0.2) is 0 Å². The molecule has 0 aromatic carbocycles. The first-order valence-electron chi connectivity index (χ1n) is 12.3. The van der Waals surface area contributed by atoms with Crippen LogP contribution >= 0.6 is 0 Å². The van der Waals surface area contributed by atoms with E-state index in [1.165, 1.54) is 51.6 Å². The Kier molecular flexibility index (Phi) is 11.7. The van der Waals surface area contributed by atoms with Gasteiger partial charge in [-0.25, -0.2) is 0 Å². The van der Waals surface area contributed by atoms with Crippen molar-refractivity contribution in [3.8, 4) is 0 Å². The summed E-state index contributed by atoms with van der Waals surface area (Å²) in [5.74, 6) is 0.897. The molecule has 30 heavy (non-hydrogen) atoms. The van der Waals surface area contributed by atoms with Crippen LogP contribution in [0.3, 0.4) is 0 Å². The topological polar surface area (TPSA) is 53.1 Å². The second-order valence-electron chi connectivity index (χ2n) is 9.53. The fourth-order valence-electron chi connectivity index (χ4n) is 4.53. The van der Waals surface area contributed by atoms with Gasteiger partial charge in [0, 0.05) is 59.2 Å². The largest absolute Gasteiger partial charge is 0.380 e. The number of piperazine rings is 1. The molecule has 2 aliphatic rings. The number of methoxy groups -OCH3 is 1. The van der Waals surface area contributed by atoms with Gasteiger partial charge in [0.2, 0.25) is 11.8 Å². The van der Waals surface area contributed by atoms with E-state index in [-0.39, 0.29) is 11.8 Å². The van der Waals surface area contributed by atoms with E-state index in [0.717, 1.165) is 19.4 Å². The summed E-state index contributed by atoms with van der Waals surface area (Å²) < 4.78 is 5.42. The van der Waals surface area contributed by atoms with Crippen molar-refractivity contribution in [3.63, 3.8) is 0 Å². The lowest BCUT2D eigenvalue weighted by Crippen LogP contribution is -2.50. The van der Waals surface area contributed by atoms with Crippen LogP contribution in [0.4, 0.5) is 0 Å². The number of unbranched alkanes of at least 4 members (excludes halogenated alkanes) is 6. The SMILES string of the molecule is COC1CCN(CCCCCCCCCC(=O)N2CCN(C(=O)CC(C)C)CC2)C1. The van der Waals surface area contributed by atoms with Crippen LogP contribution < -0.4 is 0 Å².